The van der Waals surface area contributed by atoms with Crippen LogP contribution in [0, 0.1) is 13.8 Å². The molecular formula is C19H24N2O3. The summed E-state index contributed by atoms with van der Waals surface area (Å²) in [7, 11) is 0. The highest BCUT2D eigenvalue weighted by atomic mass is 16.5. The van der Waals surface area contributed by atoms with Gasteiger partial charge in [-0.25, -0.2) is 0 Å². The molecule has 2 aliphatic heterocycles. The van der Waals surface area contributed by atoms with Crippen LogP contribution in [0.15, 0.2) is 23.9 Å². The van der Waals surface area contributed by atoms with Crippen LogP contribution in [0.2, 0.25) is 0 Å². The highest BCUT2D eigenvalue weighted by Crippen LogP contribution is 2.33. The molecule has 24 heavy (non-hydrogen) atoms. The number of carbonyl (C=O) groups is 2. The SMILES string of the molecule is Cc1ccc(C2=C(N3CCOCC3)C(=O)N(C(C)C)C2=O)cc1C. The molecule has 0 saturated carbocycles. The van der Waals surface area contributed by atoms with Gasteiger partial charge in [0.1, 0.15) is 5.70 Å². The Hall–Kier alpha value is -2.14. The molecule has 0 N–H and O–H groups in total. The lowest BCUT2D eigenvalue weighted by Gasteiger charge is -2.30. The van der Waals surface area contributed by atoms with Crippen molar-refractivity contribution in [1.29, 1.82) is 0 Å². The van der Waals surface area contributed by atoms with Crippen LogP contribution in [0.1, 0.15) is 30.5 Å². The number of aryl methyl sites for hydroxylation is 2. The first kappa shape index (κ1) is 16.7. The summed E-state index contributed by atoms with van der Waals surface area (Å²) in [6.07, 6.45) is 0. The van der Waals surface area contributed by atoms with E-state index in [-0.39, 0.29) is 17.9 Å². The normalized spacial score (nSPS) is 19.0. The number of hydrogen-bond acceptors (Lipinski definition) is 4. The minimum Gasteiger partial charge on any atom is -0.378 e. The molecule has 0 bridgehead atoms. The molecule has 5 nitrogen and oxygen atoms in total. The van der Waals surface area contributed by atoms with Gasteiger partial charge in [-0.2, -0.15) is 0 Å². The van der Waals surface area contributed by atoms with Crippen molar-refractivity contribution in [1.82, 2.24) is 9.80 Å². The molecule has 0 atom stereocenters. The molecule has 0 unspecified atom stereocenters. The topological polar surface area (TPSA) is 49.9 Å². The van der Waals surface area contributed by atoms with E-state index in [4.69, 9.17) is 4.74 Å². The molecule has 1 saturated heterocycles. The number of amides is 2. The average molecular weight is 328 g/mol. The van der Waals surface area contributed by atoms with E-state index in [1.807, 2.05) is 50.8 Å². The fraction of sp³-hybridized carbons (Fsp3) is 0.474. The van der Waals surface area contributed by atoms with Crippen molar-refractivity contribution in [2.24, 2.45) is 0 Å². The number of rotatable bonds is 3. The van der Waals surface area contributed by atoms with Crippen LogP contribution >= 0.6 is 0 Å². The maximum atomic E-state index is 13.0. The third kappa shape index (κ3) is 2.73. The fourth-order valence-corrected chi connectivity index (χ4v) is 3.24. The van der Waals surface area contributed by atoms with E-state index >= 15 is 0 Å². The molecule has 1 fully saturated rings. The third-order valence-electron chi connectivity index (χ3n) is 4.73. The number of ether oxygens (including phenoxy) is 1. The molecule has 0 radical (unpaired) electrons. The number of morpholine rings is 1. The number of carbonyl (C=O) groups excluding carboxylic acids is 2. The molecular weight excluding hydrogens is 304 g/mol. The second-order valence-corrected chi connectivity index (χ2v) is 6.70. The van der Waals surface area contributed by atoms with Crippen molar-refractivity contribution in [3.8, 4) is 0 Å². The minimum atomic E-state index is -0.195. The van der Waals surface area contributed by atoms with E-state index in [0.29, 0.717) is 37.6 Å². The van der Waals surface area contributed by atoms with Gasteiger partial charge in [0.25, 0.3) is 11.8 Å². The quantitative estimate of drug-likeness (QED) is 0.798. The van der Waals surface area contributed by atoms with Crippen molar-refractivity contribution in [3.63, 3.8) is 0 Å². The summed E-state index contributed by atoms with van der Waals surface area (Å²) < 4.78 is 5.40. The lowest BCUT2D eigenvalue weighted by atomic mass is 9.99. The van der Waals surface area contributed by atoms with Crippen molar-refractivity contribution >= 4 is 17.4 Å². The van der Waals surface area contributed by atoms with E-state index in [1.165, 1.54) is 10.5 Å². The van der Waals surface area contributed by atoms with Gasteiger partial charge in [0.15, 0.2) is 0 Å². The van der Waals surface area contributed by atoms with Crippen LogP contribution in [0.5, 0.6) is 0 Å². The van der Waals surface area contributed by atoms with Crippen molar-refractivity contribution in [2.45, 2.75) is 33.7 Å². The lowest BCUT2D eigenvalue weighted by Crippen LogP contribution is -2.42. The van der Waals surface area contributed by atoms with Gasteiger partial charge in [-0.1, -0.05) is 18.2 Å². The highest BCUT2D eigenvalue weighted by Gasteiger charge is 2.42. The van der Waals surface area contributed by atoms with Crippen molar-refractivity contribution < 1.29 is 14.3 Å². The highest BCUT2D eigenvalue weighted by molar-refractivity contribution is 6.35. The summed E-state index contributed by atoms with van der Waals surface area (Å²) in [5.74, 6) is -0.384. The van der Waals surface area contributed by atoms with Crippen molar-refractivity contribution in [3.05, 3.63) is 40.6 Å². The first-order chi connectivity index (χ1) is 11.4. The van der Waals surface area contributed by atoms with Gasteiger partial charge >= 0.3 is 0 Å². The second kappa shape index (κ2) is 6.40. The summed E-state index contributed by atoms with van der Waals surface area (Å²) in [6, 6.07) is 5.78. The van der Waals surface area contributed by atoms with Crippen molar-refractivity contribution in [2.75, 3.05) is 26.3 Å². The molecule has 0 aliphatic carbocycles. The number of benzene rings is 1. The maximum absolute atomic E-state index is 13.0. The van der Waals surface area contributed by atoms with Gasteiger partial charge in [-0.05, 0) is 44.4 Å². The van der Waals surface area contributed by atoms with Gasteiger partial charge in [-0.3, -0.25) is 14.5 Å². The van der Waals surface area contributed by atoms with E-state index in [1.54, 1.807) is 0 Å². The Bertz CT molecular complexity index is 715. The third-order valence-corrected chi connectivity index (χ3v) is 4.73. The summed E-state index contributed by atoms with van der Waals surface area (Å²) >= 11 is 0. The molecule has 5 heteroatoms. The number of nitrogens with zero attached hydrogens (tertiary/aromatic N) is 2. The zero-order valence-corrected chi connectivity index (χ0v) is 14.8. The lowest BCUT2D eigenvalue weighted by molar-refractivity contribution is -0.139. The van der Waals surface area contributed by atoms with Gasteiger partial charge in [0.05, 0.1) is 18.8 Å². The van der Waals surface area contributed by atoms with Gasteiger partial charge in [0.2, 0.25) is 0 Å². The van der Waals surface area contributed by atoms with Gasteiger partial charge < -0.3 is 9.64 Å². The molecule has 2 amide bonds. The van der Waals surface area contributed by atoms with Crippen LogP contribution in [0.4, 0.5) is 0 Å². The second-order valence-electron chi connectivity index (χ2n) is 6.70. The van der Waals surface area contributed by atoms with E-state index < -0.39 is 0 Å². The summed E-state index contributed by atoms with van der Waals surface area (Å²) in [5, 5.41) is 0. The molecule has 2 aliphatic rings. The Kier molecular flexibility index (Phi) is 4.45. The van der Waals surface area contributed by atoms with E-state index in [9.17, 15) is 9.59 Å². The Morgan fingerprint density at radius 2 is 1.67 bits per heavy atom. The smallest absolute Gasteiger partial charge is 0.278 e. The van der Waals surface area contributed by atoms with Crippen LogP contribution in [0.25, 0.3) is 5.57 Å². The zero-order chi connectivity index (χ0) is 17.4. The molecule has 0 spiro atoms. The molecule has 1 aromatic rings. The Morgan fingerprint density at radius 3 is 2.25 bits per heavy atom. The fourth-order valence-electron chi connectivity index (χ4n) is 3.24. The van der Waals surface area contributed by atoms with Crippen LogP contribution in [-0.4, -0.2) is 54.0 Å². The van der Waals surface area contributed by atoms with Crippen LogP contribution < -0.4 is 0 Å². The van der Waals surface area contributed by atoms with Crippen LogP contribution in [-0.2, 0) is 14.3 Å². The Morgan fingerprint density at radius 1 is 1.00 bits per heavy atom. The summed E-state index contributed by atoms with van der Waals surface area (Å²) in [6.45, 7) is 10.2. The minimum absolute atomic E-state index is 0.162. The largest absolute Gasteiger partial charge is 0.378 e. The molecule has 1 aromatic carbocycles. The first-order valence-electron chi connectivity index (χ1n) is 8.44. The maximum Gasteiger partial charge on any atom is 0.278 e. The zero-order valence-electron chi connectivity index (χ0n) is 14.8. The molecule has 128 valence electrons. The molecule has 0 aromatic heterocycles. The Balaban J connectivity index is 2.13. The number of hydrogen-bond donors (Lipinski definition) is 0. The van der Waals surface area contributed by atoms with Gasteiger partial charge in [-0.15, -0.1) is 0 Å². The van der Waals surface area contributed by atoms with Gasteiger partial charge in [0, 0.05) is 19.1 Å². The van der Waals surface area contributed by atoms with E-state index in [2.05, 4.69) is 0 Å². The predicted molar refractivity (Wildman–Crippen MR) is 92.2 cm³/mol. The first-order valence-corrected chi connectivity index (χ1v) is 8.44. The monoisotopic (exact) mass is 328 g/mol. The summed E-state index contributed by atoms with van der Waals surface area (Å²) in [5.41, 5.74) is 4.16. The predicted octanol–water partition coefficient (Wildman–Crippen LogP) is 2.12. The summed E-state index contributed by atoms with van der Waals surface area (Å²) in [4.78, 5) is 29.3. The standard InChI is InChI=1S/C19H24N2O3/c1-12(2)21-18(22)16(15-6-5-13(3)14(4)11-15)17(19(21)23)20-7-9-24-10-8-20/h5-6,11-12H,7-10H2,1-4H3. The molecule has 2 heterocycles. The van der Waals surface area contributed by atoms with Crippen LogP contribution in [0.3, 0.4) is 0 Å². The Labute approximate surface area is 142 Å². The molecule has 3 rings (SSSR count). The average Bonchev–Trinajstić information content (AvgIpc) is 2.81. The number of imide groups is 1. The van der Waals surface area contributed by atoms with E-state index in [0.717, 1.165) is 11.1 Å².